The number of carbonyl (C=O) groups excluding carboxylic acids is 3. The number of hydrazine groups is 1. The van der Waals surface area contributed by atoms with Crippen LogP contribution in [0.25, 0.3) is 0 Å². The van der Waals surface area contributed by atoms with Crippen molar-refractivity contribution in [3.8, 4) is 0 Å². The highest BCUT2D eigenvalue weighted by atomic mass is 16.2. The molecule has 0 unspecified atom stereocenters. The van der Waals surface area contributed by atoms with Crippen molar-refractivity contribution >= 4 is 17.7 Å². The summed E-state index contributed by atoms with van der Waals surface area (Å²) >= 11 is 0. The average Bonchev–Trinajstić information content (AvgIpc) is 2.68. The molecule has 0 aromatic heterocycles. The lowest BCUT2D eigenvalue weighted by Crippen LogP contribution is -2.55. The highest BCUT2D eigenvalue weighted by Gasteiger charge is 2.54. The number of amides is 3. The molecule has 4 bridgehead atoms. The Kier molecular flexibility index (Phi) is 5.37. The Labute approximate surface area is 178 Å². The molecular weight excluding hydrogens is 378 g/mol. The fourth-order valence-corrected chi connectivity index (χ4v) is 6.10. The SMILES string of the molecule is CC(C)(C)c1ccc(C(=O)NNC(=O)CNC(=O)C23CC4CC(CC(C4)C2)C3)cc1. The number of hydrogen-bond acceptors (Lipinski definition) is 3. The molecule has 4 aliphatic rings. The van der Waals surface area contributed by atoms with Crippen LogP contribution >= 0.6 is 0 Å². The van der Waals surface area contributed by atoms with Gasteiger partial charge in [-0.05, 0) is 79.4 Å². The first-order valence-electron chi connectivity index (χ1n) is 11.1. The third-order valence-corrected chi connectivity index (χ3v) is 7.26. The molecule has 0 spiro atoms. The van der Waals surface area contributed by atoms with Crippen LogP contribution < -0.4 is 16.2 Å². The summed E-state index contributed by atoms with van der Waals surface area (Å²) in [5.74, 6) is 1.25. The minimum atomic E-state index is -0.423. The van der Waals surface area contributed by atoms with Gasteiger partial charge in [-0.3, -0.25) is 25.2 Å². The molecule has 1 aromatic rings. The lowest BCUT2D eigenvalue weighted by molar-refractivity contribution is -0.147. The highest BCUT2D eigenvalue weighted by Crippen LogP contribution is 2.60. The first kappa shape index (κ1) is 20.9. The number of rotatable bonds is 4. The number of hydrogen-bond donors (Lipinski definition) is 3. The van der Waals surface area contributed by atoms with Gasteiger partial charge in [-0.1, -0.05) is 32.9 Å². The average molecular weight is 412 g/mol. The standard InChI is InChI=1S/C24H33N3O3/c1-23(2,3)19-6-4-18(5-7-19)21(29)27-26-20(28)14-25-22(30)24-11-15-8-16(12-24)10-17(9-15)13-24/h4-7,15-17H,8-14H2,1-3H3,(H,25,30)(H,26,28)(H,27,29). The Morgan fingerprint density at radius 2 is 1.43 bits per heavy atom. The maximum absolute atomic E-state index is 12.9. The van der Waals surface area contributed by atoms with Gasteiger partial charge in [0.2, 0.25) is 5.91 Å². The van der Waals surface area contributed by atoms with E-state index >= 15 is 0 Å². The largest absolute Gasteiger partial charge is 0.346 e. The Bertz CT molecular complexity index is 803. The fourth-order valence-electron chi connectivity index (χ4n) is 6.10. The van der Waals surface area contributed by atoms with Crippen LogP contribution in [0.4, 0.5) is 0 Å². The van der Waals surface area contributed by atoms with Crippen LogP contribution in [0.1, 0.15) is 75.2 Å². The van der Waals surface area contributed by atoms with Gasteiger partial charge in [0, 0.05) is 11.0 Å². The van der Waals surface area contributed by atoms with Crippen molar-refractivity contribution in [2.24, 2.45) is 23.2 Å². The molecule has 4 fully saturated rings. The van der Waals surface area contributed by atoms with E-state index in [9.17, 15) is 14.4 Å². The van der Waals surface area contributed by atoms with Crippen LogP contribution in [-0.4, -0.2) is 24.3 Å². The summed E-state index contributed by atoms with van der Waals surface area (Å²) in [5.41, 5.74) is 6.18. The van der Waals surface area contributed by atoms with E-state index in [2.05, 4.69) is 36.9 Å². The summed E-state index contributed by atoms with van der Waals surface area (Å²) in [6.07, 6.45) is 6.72. The zero-order valence-electron chi connectivity index (χ0n) is 18.2. The maximum atomic E-state index is 12.9. The predicted octanol–water partition coefficient (Wildman–Crippen LogP) is 3.08. The van der Waals surface area contributed by atoms with Crippen LogP contribution in [0.5, 0.6) is 0 Å². The molecule has 0 atom stereocenters. The molecular formula is C24H33N3O3. The topological polar surface area (TPSA) is 87.3 Å². The molecule has 30 heavy (non-hydrogen) atoms. The van der Waals surface area contributed by atoms with Crippen molar-refractivity contribution in [1.82, 2.24) is 16.2 Å². The van der Waals surface area contributed by atoms with Gasteiger partial charge in [0.25, 0.3) is 11.8 Å². The van der Waals surface area contributed by atoms with Gasteiger partial charge < -0.3 is 5.32 Å². The van der Waals surface area contributed by atoms with Crippen molar-refractivity contribution in [3.63, 3.8) is 0 Å². The normalized spacial score (nSPS) is 29.4. The summed E-state index contributed by atoms with van der Waals surface area (Å²) in [6, 6.07) is 7.33. The van der Waals surface area contributed by atoms with E-state index in [-0.39, 0.29) is 29.2 Å². The van der Waals surface area contributed by atoms with E-state index in [1.54, 1.807) is 12.1 Å². The van der Waals surface area contributed by atoms with Gasteiger partial charge in [0.05, 0.1) is 6.54 Å². The Balaban J connectivity index is 1.24. The van der Waals surface area contributed by atoms with Gasteiger partial charge >= 0.3 is 0 Å². The minimum absolute atomic E-state index is 0.0120. The van der Waals surface area contributed by atoms with Crippen LogP contribution in [0.3, 0.4) is 0 Å². The Morgan fingerprint density at radius 1 is 0.900 bits per heavy atom. The molecule has 0 saturated heterocycles. The fraction of sp³-hybridized carbons (Fsp3) is 0.625. The third kappa shape index (κ3) is 4.23. The van der Waals surface area contributed by atoms with Crippen molar-refractivity contribution in [2.75, 3.05) is 6.54 Å². The Morgan fingerprint density at radius 3 is 1.93 bits per heavy atom. The van der Waals surface area contributed by atoms with Crippen LogP contribution in [0, 0.1) is 23.2 Å². The van der Waals surface area contributed by atoms with Crippen molar-refractivity contribution in [2.45, 2.75) is 64.7 Å². The molecule has 6 heteroatoms. The molecule has 6 nitrogen and oxygen atoms in total. The smallest absolute Gasteiger partial charge is 0.269 e. The first-order chi connectivity index (χ1) is 14.1. The van der Waals surface area contributed by atoms with E-state index in [1.807, 2.05) is 12.1 Å². The summed E-state index contributed by atoms with van der Waals surface area (Å²) in [4.78, 5) is 37.3. The molecule has 162 valence electrons. The monoisotopic (exact) mass is 411 g/mol. The van der Waals surface area contributed by atoms with Crippen LogP contribution in [-0.2, 0) is 15.0 Å². The molecule has 0 heterocycles. The quantitative estimate of drug-likeness (QED) is 0.666. The van der Waals surface area contributed by atoms with Crippen LogP contribution in [0.15, 0.2) is 24.3 Å². The summed E-state index contributed by atoms with van der Waals surface area (Å²) < 4.78 is 0. The van der Waals surface area contributed by atoms with Crippen molar-refractivity contribution in [1.29, 1.82) is 0 Å². The van der Waals surface area contributed by atoms with Gasteiger partial charge in [-0.25, -0.2) is 0 Å². The highest BCUT2D eigenvalue weighted by molar-refractivity contribution is 5.96. The van der Waals surface area contributed by atoms with Crippen molar-refractivity contribution < 1.29 is 14.4 Å². The number of carbonyl (C=O) groups is 3. The number of benzene rings is 1. The maximum Gasteiger partial charge on any atom is 0.269 e. The number of nitrogens with one attached hydrogen (secondary N) is 3. The van der Waals surface area contributed by atoms with E-state index in [1.165, 1.54) is 19.3 Å². The molecule has 0 aliphatic heterocycles. The summed E-state index contributed by atoms with van der Waals surface area (Å²) in [7, 11) is 0. The van der Waals surface area contributed by atoms with E-state index in [0.717, 1.165) is 24.8 Å². The second kappa shape index (κ2) is 7.71. The lowest BCUT2D eigenvalue weighted by Gasteiger charge is -2.55. The van der Waals surface area contributed by atoms with Gasteiger partial charge in [0.15, 0.2) is 0 Å². The summed E-state index contributed by atoms with van der Waals surface area (Å²) in [5, 5.41) is 2.82. The first-order valence-corrected chi connectivity index (χ1v) is 11.1. The summed E-state index contributed by atoms with van der Waals surface area (Å²) in [6.45, 7) is 6.21. The Hall–Kier alpha value is -2.37. The van der Waals surface area contributed by atoms with E-state index in [0.29, 0.717) is 23.3 Å². The second-order valence-electron chi connectivity index (χ2n) is 10.7. The molecule has 0 radical (unpaired) electrons. The molecule has 3 N–H and O–H groups in total. The molecule has 4 aliphatic carbocycles. The zero-order chi connectivity index (χ0) is 21.5. The molecule has 1 aromatic carbocycles. The molecule has 5 rings (SSSR count). The third-order valence-electron chi connectivity index (χ3n) is 7.26. The zero-order valence-corrected chi connectivity index (χ0v) is 18.2. The molecule has 4 saturated carbocycles. The van der Waals surface area contributed by atoms with Gasteiger partial charge in [-0.2, -0.15) is 0 Å². The van der Waals surface area contributed by atoms with Crippen LogP contribution in [0.2, 0.25) is 0 Å². The second-order valence-corrected chi connectivity index (χ2v) is 10.7. The van der Waals surface area contributed by atoms with E-state index in [4.69, 9.17) is 0 Å². The van der Waals surface area contributed by atoms with E-state index < -0.39 is 5.91 Å². The minimum Gasteiger partial charge on any atom is -0.346 e. The lowest BCUT2D eigenvalue weighted by atomic mass is 9.49. The van der Waals surface area contributed by atoms with Gasteiger partial charge in [-0.15, -0.1) is 0 Å². The van der Waals surface area contributed by atoms with Crippen molar-refractivity contribution in [3.05, 3.63) is 35.4 Å². The van der Waals surface area contributed by atoms with Gasteiger partial charge in [0.1, 0.15) is 0 Å². The predicted molar refractivity (Wildman–Crippen MR) is 114 cm³/mol. The molecule has 3 amide bonds.